The third kappa shape index (κ3) is 5.95. The summed E-state index contributed by atoms with van der Waals surface area (Å²) in [6.07, 6.45) is 0.454. The van der Waals surface area contributed by atoms with Crippen LogP contribution in [0.15, 0.2) is 17.1 Å². The molecule has 1 unspecified atom stereocenters. The van der Waals surface area contributed by atoms with Crippen LogP contribution in [0.4, 0.5) is 8.78 Å². The van der Waals surface area contributed by atoms with Gasteiger partial charge in [0.2, 0.25) is 0 Å². The van der Waals surface area contributed by atoms with E-state index in [1.165, 1.54) is 5.56 Å². The van der Waals surface area contributed by atoms with Gasteiger partial charge in [0.25, 0.3) is 6.43 Å². The summed E-state index contributed by atoms with van der Waals surface area (Å²) in [7, 11) is 1.67. The molecule has 2 heterocycles. The number of ether oxygens (including phenoxy) is 2. The van der Waals surface area contributed by atoms with Crippen LogP contribution in [-0.4, -0.2) is 62.7 Å². The average molecular weight is 411 g/mol. The summed E-state index contributed by atoms with van der Waals surface area (Å²) in [5.41, 5.74) is 2.15. The van der Waals surface area contributed by atoms with E-state index in [1.807, 2.05) is 24.0 Å². The van der Waals surface area contributed by atoms with Gasteiger partial charge in [-0.1, -0.05) is 0 Å². The summed E-state index contributed by atoms with van der Waals surface area (Å²) >= 11 is 0. The number of benzene rings is 1. The second kappa shape index (κ2) is 10.1. The highest BCUT2D eigenvalue weighted by molar-refractivity contribution is 5.80. The largest absolute Gasteiger partial charge is 0.496 e. The van der Waals surface area contributed by atoms with Gasteiger partial charge < -0.3 is 20.1 Å². The normalized spacial score (nSPS) is 20.5. The summed E-state index contributed by atoms with van der Waals surface area (Å²) in [5, 5.41) is 6.72. The summed E-state index contributed by atoms with van der Waals surface area (Å²) in [4.78, 5) is 6.55. The Kier molecular flexibility index (Phi) is 7.52. The van der Waals surface area contributed by atoms with Crippen LogP contribution in [0.3, 0.4) is 0 Å². The number of nitrogens with one attached hydrogen (secondary N) is 2. The van der Waals surface area contributed by atoms with Gasteiger partial charge in [-0.2, -0.15) is 0 Å². The summed E-state index contributed by atoms with van der Waals surface area (Å²) in [5.74, 6) is 2.46. The Morgan fingerprint density at radius 1 is 1.34 bits per heavy atom. The minimum absolute atomic E-state index is 0.139. The molecule has 1 aromatic carbocycles. The Hall–Kier alpha value is -2.09. The molecule has 8 heteroatoms. The number of fused-ring (bicyclic) bond motifs is 1. The number of halogens is 2. The predicted octanol–water partition coefficient (Wildman–Crippen LogP) is 2.80. The Bertz CT molecular complexity index is 706. The van der Waals surface area contributed by atoms with Gasteiger partial charge in [-0.25, -0.2) is 13.8 Å². The molecule has 162 valence electrons. The molecule has 1 aromatic rings. The third-order valence-electron chi connectivity index (χ3n) is 5.38. The standard InChI is InChI=1S/C21H32F2N4O2/c1-4-24-21(26-17-5-7-27(8-6-17)13-20(22)23)25-12-16-11-19-15(9-14(2)29-19)10-18(16)28-3/h10-11,14,17,20H,4-9,12-13H2,1-3H3,(H2,24,25,26). The highest BCUT2D eigenvalue weighted by Gasteiger charge is 2.23. The molecular formula is C21H32F2N4O2. The van der Waals surface area contributed by atoms with E-state index in [0.717, 1.165) is 48.8 Å². The molecule has 0 bridgehead atoms. The van der Waals surface area contributed by atoms with Crippen LogP contribution in [-0.2, 0) is 13.0 Å². The number of guanidine groups is 1. The lowest BCUT2D eigenvalue weighted by atomic mass is 10.1. The van der Waals surface area contributed by atoms with Gasteiger partial charge in [0.05, 0.1) is 20.2 Å². The van der Waals surface area contributed by atoms with Crippen molar-refractivity contribution in [1.29, 1.82) is 0 Å². The minimum Gasteiger partial charge on any atom is -0.496 e. The summed E-state index contributed by atoms with van der Waals surface area (Å²) in [6, 6.07) is 4.30. The molecule has 1 saturated heterocycles. The van der Waals surface area contributed by atoms with Crippen LogP contribution < -0.4 is 20.1 Å². The van der Waals surface area contributed by atoms with E-state index in [9.17, 15) is 8.78 Å². The maximum Gasteiger partial charge on any atom is 0.251 e. The molecule has 0 saturated carbocycles. The zero-order chi connectivity index (χ0) is 20.8. The number of piperidine rings is 1. The molecule has 0 spiro atoms. The molecule has 6 nitrogen and oxygen atoms in total. The zero-order valence-electron chi connectivity index (χ0n) is 17.5. The van der Waals surface area contributed by atoms with E-state index < -0.39 is 6.43 Å². The fraction of sp³-hybridized carbons (Fsp3) is 0.667. The van der Waals surface area contributed by atoms with Crippen molar-refractivity contribution in [2.24, 2.45) is 4.99 Å². The van der Waals surface area contributed by atoms with E-state index in [-0.39, 0.29) is 18.7 Å². The number of likely N-dealkylation sites (tertiary alicyclic amines) is 1. The first-order valence-electron chi connectivity index (χ1n) is 10.4. The number of rotatable bonds is 7. The first kappa shape index (κ1) is 21.6. The van der Waals surface area contributed by atoms with Gasteiger partial charge in [0.15, 0.2) is 5.96 Å². The second-order valence-corrected chi connectivity index (χ2v) is 7.71. The first-order chi connectivity index (χ1) is 14.0. The quantitative estimate of drug-likeness (QED) is 0.535. The van der Waals surface area contributed by atoms with Gasteiger partial charge >= 0.3 is 0 Å². The Morgan fingerprint density at radius 2 is 2.10 bits per heavy atom. The van der Waals surface area contributed by atoms with E-state index in [2.05, 4.69) is 17.6 Å². The van der Waals surface area contributed by atoms with E-state index in [1.54, 1.807) is 7.11 Å². The lowest BCUT2D eigenvalue weighted by Crippen LogP contribution is -2.49. The molecule has 2 aliphatic heterocycles. The van der Waals surface area contributed by atoms with Crippen molar-refractivity contribution in [1.82, 2.24) is 15.5 Å². The third-order valence-corrected chi connectivity index (χ3v) is 5.38. The SMILES string of the molecule is CCNC(=NCc1cc2c(cc1OC)CC(C)O2)NC1CCN(CC(F)F)CC1. The lowest BCUT2D eigenvalue weighted by Gasteiger charge is -2.32. The van der Waals surface area contributed by atoms with E-state index in [0.29, 0.717) is 19.6 Å². The topological polar surface area (TPSA) is 58.1 Å². The van der Waals surface area contributed by atoms with Gasteiger partial charge in [-0.15, -0.1) is 0 Å². The van der Waals surface area contributed by atoms with Crippen molar-refractivity contribution in [3.05, 3.63) is 23.3 Å². The second-order valence-electron chi connectivity index (χ2n) is 7.71. The molecule has 2 aliphatic rings. The number of methoxy groups -OCH3 is 1. The van der Waals surface area contributed by atoms with E-state index in [4.69, 9.17) is 14.5 Å². The van der Waals surface area contributed by atoms with Crippen molar-refractivity contribution < 1.29 is 18.3 Å². The van der Waals surface area contributed by atoms with Crippen LogP contribution in [0.25, 0.3) is 0 Å². The number of hydrogen-bond acceptors (Lipinski definition) is 4. The van der Waals surface area contributed by atoms with Gasteiger partial charge in [-0.05, 0) is 38.8 Å². The summed E-state index contributed by atoms with van der Waals surface area (Å²) < 4.78 is 36.5. The molecule has 3 rings (SSSR count). The average Bonchev–Trinajstić information content (AvgIpc) is 3.05. The number of aliphatic imine (C=N–C) groups is 1. The number of alkyl halides is 2. The van der Waals surface area contributed by atoms with Gasteiger partial charge in [0.1, 0.15) is 17.6 Å². The Morgan fingerprint density at radius 3 is 2.76 bits per heavy atom. The Labute approximate surface area is 171 Å². The fourth-order valence-electron chi connectivity index (χ4n) is 3.93. The van der Waals surface area contributed by atoms with Crippen LogP contribution >= 0.6 is 0 Å². The van der Waals surface area contributed by atoms with E-state index >= 15 is 0 Å². The van der Waals surface area contributed by atoms with Crippen LogP contribution in [0.5, 0.6) is 11.5 Å². The van der Waals surface area contributed by atoms with Gasteiger partial charge in [-0.3, -0.25) is 4.90 Å². The monoisotopic (exact) mass is 410 g/mol. The molecule has 0 aromatic heterocycles. The maximum absolute atomic E-state index is 12.5. The molecular weight excluding hydrogens is 378 g/mol. The molecule has 29 heavy (non-hydrogen) atoms. The lowest BCUT2D eigenvalue weighted by molar-refractivity contribution is 0.0744. The van der Waals surface area contributed by atoms with Crippen molar-refractivity contribution in [2.45, 2.75) is 58.2 Å². The first-order valence-corrected chi connectivity index (χ1v) is 10.4. The maximum atomic E-state index is 12.5. The highest BCUT2D eigenvalue weighted by Crippen LogP contribution is 2.35. The zero-order valence-corrected chi connectivity index (χ0v) is 17.5. The minimum atomic E-state index is -2.27. The van der Waals surface area contributed by atoms with Crippen molar-refractivity contribution in [3.63, 3.8) is 0 Å². The molecule has 1 atom stereocenters. The Balaban J connectivity index is 1.62. The molecule has 0 aliphatic carbocycles. The van der Waals surface area contributed by atoms with Crippen molar-refractivity contribution >= 4 is 5.96 Å². The molecule has 1 fully saturated rings. The number of nitrogens with zero attached hydrogens (tertiary/aromatic N) is 2. The predicted molar refractivity (Wildman–Crippen MR) is 110 cm³/mol. The molecule has 0 radical (unpaired) electrons. The fourth-order valence-corrected chi connectivity index (χ4v) is 3.93. The molecule has 0 amide bonds. The van der Waals surface area contributed by atoms with Crippen LogP contribution in [0, 0.1) is 0 Å². The highest BCUT2D eigenvalue weighted by atomic mass is 19.3. The number of hydrogen-bond donors (Lipinski definition) is 2. The van der Waals surface area contributed by atoms with Crippen molar-refractivity contribution in [3.8, 4) is 11.5 Å². The summed E-state index contributed by atoms with van der Waals surface area (Å²) in [6.45, 7) is 6.51. The van der Waals surface area contributed by atoms with Gasteiger partial charge in [0, 0.05) is 43.2 Å². The van der Waals surface area contributed by atoms with Crippen molar-refractivity contribution in [2.75, 3.05) is 33.3 Å². The molecule has 2 N–H and O–H groups in total. The van der Waals surface area contributed by atoms with Crippen LogP contribution in [0.2, 0.25) is 0 Å². The van der Waals surface area contributed by atoms with Crippen LogP contribution in [0.1, 0.15) is 37.8 Å². The smallest absolute Gasteiger partial charge is 0.251 e.